The number of carbonyl (C=O) groups excluding carboxylic acids is 1. The van der Waals surface area contributed by atoms with E-state index in [0.717, 1.165) is 16.8 Å². The van der Waals surface area contributed by atoms with Crippen LogP contribution in [0.5, 0.6) is 0 Å². The number of nitrogens with one attached hydrogen (secondary N) is 1. The van der Waals surface area contributed by atoms with E-state index in [1.807, 2.05) is 45.9 Å². The van der Waals surface area contributed by atoms with Crippen LogP contribution in [0, 0.1) is 13.8 Å². The molecule has 3 aromatic rings. The first-order chi connectivity index (χ1) is 13.0. The second-order valence-corrected chi connectivity index (χ2v) is 7.20. The molecule has 7 nitrogen and oxygen atoms in total. The van der Waals surface area contributed by atoms with Crippen LogP contribution in [0.15, 0.2) is 34.3 Å². The van der Waals surface area contributed by atoms with Crippen molar-refractivity contribution >= 4 is 28.7 Å². The molecule has 8 heteroatoms. The van der Waals surface area contributed by atoms with Crippen LogP contribution in [-0.4, -0.2) is 49.4 Å². The molecule has 27 heavy (non-hydrogen) atoms. The van der Waals surface area contributed by atoms with Crippen LogP contribution in [0.4, 0.5) is 0 Å². The van der Waals surface area contributed by atoms with E-state index in [0.29, 0.717) is 29.3 Å². The minimum Gasteiger partial charge on any atom is -0.343 e. The zero-order valence-corrected chi connectivity index (χ0v) is 16.8. The van der Waals surface area contributed by atoms with Gasteiger partial charge in [0.15, 0.2) is 10.8 Å². The first kappa shape index (κ1) is 19.2. The molecule has 2 aromatic heterocycles. The zero-order chi connectivity index (χ0) is 19.6. The summed E-state index contributed by atoms with van der Waals surface area (Å²) in [6, 6.07) is 5.94. The molecule has 0 spiro atoms. The molecule has 0 bridgehead atoms. The third-order valence-corrected chi connectivity index (χ3v) is 5.53. The Morgan fingerprint density at radius 3 is 2.70 bits per heavy atom. The second-order valence-electron chi connectivity index (χ2n) is 6.24. The molecule has 0 aliphatic carbocycles. The average Bonchev–Trinajstić information content (AvgIpc) is 3.07. The van der Waals surface area contributed by atoms with E-state index in [1.165, 1.54) is 18.0 Å². The van der Waals surface area contributed by atoms with Gasteiger partial charge in [-0.15, -0.1) is 0 Å². The van der Waals surface area contributed by atoms with Crippen LogP contribution >= 0.6 is 11.8 Å². The topological polar surface area (TPSA) is 83.9 Å². The number of H-pyrrole nitrogens is 1. The van der Waals surface area contributed by atoms with Gasteiger partial charge >= 0.3 is 0 Å². The van der Waals surface area contributed by atoms with Crippen molar-refractivity contribution in [3.05, 3.63) is 45.9 Å². The number of hydrogen-bond donors (Lipinski definition) is 1. The molecule has 1 N–H and O–H groups in total. The number of thioether (sulfide) groups is 1. The monoisotopic (exact) mass is 385 g/mol. The van der Waals surface area contributed by atoms with Crippen molar-refractivity contribution < 1.29 is 4.79 Å². The summed E-state index contributed by atoms with van der Waals surface area (Å²) in [5.41, 5.74) is 3.34. The smallest absolute Gasteiger partial charge is 0.262 e. The van der Waals surface area contributed by atoms with Gasteiger partial charge in [-0.05, 0) is 44.9 Å². The number of carbonyl (C=O) groups is 1. The van der Waals surface area contributed by atoms with E-state index in [-0.39, 0.29) is 17.2 Å². The van der Waals surface area contributed by atoms with Crippen molar-refractivity contribution in [3.63, 3.8) is 0 Å². The Bertz CT molecular complexity index is 1040. The van der Waals surface area contributed by atoms with Gasteiger partial charge in [-0.1, -0.05) is 23.9 Å². The van der Waals surface area contributed by atoms with Crippen LogP contribution in [0.25, 0.3) is 16.7 Å². The predicted octanol–water partition coefficient (Wildman–Crippen LogP) is 2.69. The second kappa shape index (κ2) is 7.96. The number of hydrogen-bond acceptors (Lipinski definition) is 5. The molecule has 0 fully saturated rings. The zero-order valence-electron chi connectivity index (χ0n) is 15.9. The lowest BCUT2D eigenvalue weighted by molar-refractivity contribution is -0.127. The van der Waals surface area contributed by atoms with Crippen molar-refractivity contribution in [3.8, 4) is 5.69 Å². The van der Waals surface area contributed by atoms with E-state index < -0.39 is 0 Å². The van der Waals surface area contributed by atoms with E-state index in [1.54, 1.807) is 9.58 Å². The Balaban J connectivity index is 1.97. The van der Waals surface area contributed by atoms with E-state index >= 15 is 0 Å². The third kappa shape index (κ3) is 3.75. The van der Waals surface area contributed by atoms with Gasteiger partial charge in [0.2, 0.25) is 5.91 Å². The summed E-state index contributed by atoms with van der Waals surface area (Å²) in [5.74, 6) is 0.254. The standard InChI is InChI=1S/C19H23N5O2S/c1-5-23(6-2)16(25)11-27-19-21-17-14(18(26)22-19)10-20-24(17)15-9-7-8-12(3)13(15)4/h7-10H,5-6,11H2,1-4H3,(H,21,22,26). The third-order valence-electron chi connectivity index (χ3n) is 4.67. The highest BCUT2D eigenvalue weighted by Gasteiger charge is 2.15. The van der Waals surface area contributed by atoms with Crippen LogP contribution < -0.4 is 5.56 Å². The average molecular weight is 385 g/mol. The van der Waals surface area contributed by atoms with Gasteiger partial charge in [0.25, 0.3) is 5.56 Å². The molecular weight excluding hydrogens is 362 g/mol. The van der Waals surface area contributed by atoms with Gasteiger partial charge in [0.05, 0.1) is 17.6 Å². The maximum Gasteiger partial charge on any atom is 0.262 e. The van der Waals surface area contributed by atoms with Crippen LogP contribution in [0.1, 0.15) is 25.0 Å². The molecule has 0 radical (unpaired) electrons. The largest absolute Gasteiger partial charge is 0.343 e. The number of aromatic nitrogens is 4. The van der Waals surface area contributed by atoms with Crippen molar-refractivity contribution in [1.29, 1.82) is 0 Å². The quantitative estimate of drug-likeness (QED) is 0.521. The predicted molar refractivity (Wildman–Crippen MR) is 108 cm³/mol. The van der Waals surface area contributed by atoms with Gasteiger partial charge in [-0.2, -0.15) is 5.10 Å². The number of aromatic amines is 1. The fourth-order valence-corrected chi connectivity index (χ4v) is 3.66. The van der Waals surface area contributed by atoms with E-state index in [2.05, 4.69) is 15.1 Å². The maximum atomic E-state index is 12.4. The molecule has 0 atom stereocenters. The van der Waals surface area contributed by atoms with Crippen molar-refractivity contribution in [2.24, 2.45) is 0 Å². The molecule has 0 saturated carbocycles. The molecule has 2 heterocycles. The minimum absolute atomic E-state index is 0.0239. The highest BCUT2D eigenvalue weighted by atomic mass is 32.2. The summed E-state index contributed by atoms with van der Waals surface area (Å²) in [7, 11) is 0. The van der Waals surface area contributed by atoms with Crippen LogP contribution in [0.3, 0.4) is 0 Å². The highest BCUT2D eigenvalue weighted by Crippen LogP contribution is 2.21. The molecule has 3 rings (SSSR count). The molecule has 0 aliphatic rings. The lowest BCUT2D eigenvalue weighted by atomic mass is 10.1. The first-order valence-electron chi connectivity index (χ1n) is 8.91. The number of rotatable bonds is 6. The SMILES string of the molecule is CCN(CC)C(=O)CSc1nc2c(cnn2-c2cccc(C)c2C)c(=O)[nH]1. The maximum absolute atomic E-state index is 12.4. The van der Waals surface area contributed by atoms with E-state index in [9.17, 15) is 9.59 Å². The van der Waals surface area contributed by atoms with Gasteiger partial charge in [0, 0.05) is 13.1 Å². The summed E-state index contributed by atoms with van der Waals surface area (Å²) >= 11 is 1.23. The number of benzene rings is 1. The summed E-state index contributed by atoms with van der Waals surface area (Å²) in [6.45, 7) is 9.27. The van der Waals surface area contributed by atoms with Gasteiger partial charge < -0.3 is 9.88 Å². The lowest BCUT2D eigenvalue weighted by Gasteiger charge is -2.17. The first-order valence-corrected chi connectivity index (χ1v) is 9.90. The summed E-state index contributed by atoms with van der Waals surface area (Å²) < 4.78 is 1.68. The Morgan fingerprint density at radius 1 is 1.26 bits per heavy atom. The normalized spacial score (nSPS) is 11.1. The molecule has 142 valence electrons. The number of nitrogens with zero attached hydrogens (tertiary/aromatic N) is 4. The summed E-state index contributed by atoms with van der Waals surface area (Å²) in [6.07, 6.45) is 1.53. The van der Waals surface area contributed by atoms with Crippen molar-refractivity contribution in [2.75, 3.05) is 18.8 Å². The molecule has 0 aliphatic heterocycles. The highest BCUT2D eigenvalue weighted by molar-refractivity contribution is 7.99. The van der Waals surface area contributed by atoms with Crippen molar-refractivity contribution in [1.82, 2.24) is 24.6 Å². The minimum atomic E-state index is -0.255. The fourth-order valence-electron chi connectivity index (χ4n) is 2.91. The van der Waals surface area contributed by atoms with E-state index in [4.69, 9.17) is 0 Å². The summed E-state index contributed by atoms with van der Waals surface area (Å²) in [4.78, 5) is 33.7. The number of amides is 1. The Labute approximate surface area is 161 Å². The molecular formula is C19H23N5O2S. The Morgan fingerprint density at radius 2 is 2.00 bits per heavy atom. The summed E-state index contributed by atoms with van der Waals surface area (Å²) in [5, 5.41) is 5.21. The molecule has 1 aromatic carbocycles. The fraction of sp³-hybridized carbons (Fsp3) is 0.368. The van der Waals surface area contributed by atoms with Gasteiger partial charge in [-0.25, -0.2) is 9.67 Å². The van der Waals surface area contributed by atoms with Gasteiger partial charge in [0.1, 0.15) is 5.39 Å². The van der Waals surface area contributed by atoms with Crippen LogP contribution in [-0.2, 0) is 4.79 Å². The molecule has 0 saturated heterocycles. The lowest BCUT2D eigenvalue weighted by Crippen LogP contribution is -2.32. The molecule has 0 unspecified atom stereocenters. The van der Waals surface area contributed by atoms with Gasteiger partial charge in [-0.3, -0.25) is 9.59 Å². The molecule has 1 amide bonds. The number of aryl methyl sites for hydroxylation is 1. The van der Waals surface area contributed by atoms with Crippen LogP contribution in [0.2, 0.25) is 0 Å². The van der Waals surface area contributed by atoms with Crippen molar-refractivity contribution in [2.45, 2.75) is 32.9 Å². The Kier molecular flexibility index (Phi) is 5.65. The number of fused-ring (bicyclic) bond motifs is 1. The Hall–Kier alpha value is -2.61.